The van der Waals surface area contributed by atoms with Crippen LogP contribution in [0.25, 0.3) is 10.9 Å². The monoisotopic (exact) mass is 246 g/mol. The van der Waals surface area contributed by atoms with Crippen LogP contribution in [0.2, 0.25) is 0 Å². The molecule has 1 aromatic carbocycles. The first-order valence-electron chi connectivity index (χ1n) is 6.67. The van der Waals surface area contributed by atoms with E-state index >= 15 is 0 Å². The molecule has 0 aliphatic rings. The van der Waals surface area contributed by atoms with E-state index in [2.05, 4.69) is 41.2 Å². The van der Waals surface area contributed by atoms with Gasteiger partial charge in [-0.05, 0) is 44.7 Å². The summed E-state index contributed by atoms with van der Waals surface area (Å²) in [5.41, 5.74) is 1.27. The summed E-state index contributed by atoms with van der Waals surface area (Å²) in [6.45, 7) is 9.25. The van der Waals surface area contributed by atoms with E-state index in [-0.39, 0.29) is 6.10 Å². The van der Waals surface area contributed by atoms with Gasteiger partial charge in [0.25, 0.3) is 0 Å². The van der Waals surface area contributed by atoms with Crippen molar-refractivity contribution in [1.82, 2.24) is 9.88 Å². The van der Waals surface area contributed by atoms with E-state index in [9.17, 15) is 0 Å². The first-order valence-corrected chi connectivity index (χ1v) is 6.67. The highest BCUT2D eigenvalue weighted by atomic mass is 16.5. The van der Waals surface area contributed by atoms with Gasteiger partial charge < -0.3 is 14.6 Å². The zero-order valence-corrected chi connectivity index (χ0v) is 11.4. The molecule has 0 radical (unpaired) electrons. The Morgan fingerprint density at radius 3 is 2.83 bits per heavy atom. The highest BCUT2D eigenvalue weighted by Crippen LogP contribution is 2.22. The number of hydrogen-bond donors (Lipinski definition) is 1. The molecule has 0 spiro atoms. The van der Waals surface area contributed by atoms with E-state index in [1.54, 1.807) is 0 Å². The lowest BCUT2D eigenvalue weighted by atomic mass is 10.2. The van der Waals surface area contributed by atoms with E-state index < -0.39 is 0 Å². The maximum atomic E-state index is 5.71. The summed E-state index contributed by atoms with van der Waals surface area (Å²) in [7, 11) is 0. The Bertz CT molecular complexity index is 502. The fraction of sp³-hybridized carbons (Fsp3) is 0.467. The van der Waals surface area contributed by atoms with Gasteiger partial charge in [0.1, 0.15) is 5.75 Å². The van der Waals surface area contributed by atoms with Gasteiger partial charge in [-0.2, -0.15) is 0 Å². The Hall–Kier alpha value is -1.48. The minimum Gasteiger partial charge on any atom is -0.491 e. The molecular weight excluding hydrogens is 224 g/mol. The van der Waals surface area contributed by atoms with Crippen LogP contribution in [0.3, 0.4) is 0 Å². The van der Waals surface area contributed by atoms with Gasteiger partial charge in [-0.25, -0.2) is 0 Å². The Morgan fingerprint density at radius 1 is 1.28 bits per heavy atom. The lowest BCUT2D eigenvalue weighted by Crippen LogP contribution is -2.18. The largest absolute Gasteiger partial charge is 0.491 e. The van der Waals surface area contributed by atoms with Crippen molar-refractivity contribution in [2.75, 3.05) is 13.1 Å². The minimum absolute atomic E-state index is 0.221. The molecule has 18 heavy (non-hydrogen) atoms. The molecule has 0 fully saturated rings. The van der Waals surface area contributed by atoms with Crippen LogP contribution >= 0.6 is 0 Å². The molecule has 0 amide bonds. The molecule has 2 rings (SSSR count). The van der Waals surface area contributed by atoms with Crippen molar-refractivity contribution in [3.8, 4) is 5.75 Å². The number of benzene rings is 1. The summed E-state index contributed by atoms with van der Waals surface area (Å²) in [5, 5.41) is 4.58. The number of nitrogens with one attached hydrogen (secondary N) is 1. The third kappa shape index (κ3) is 3.05. The second-order valence-electron chi connectivity index (χ2n) is 4.75. The van der Waals surface area contributed by atoms with E-state index in [1.165, 1.54) is 10.9 Å². The predicted octanol–water partition coefficient (Wildman–Crippen LogP) is 3.04. The molecule has 3 heteroatoms. The lowest BCUT2D eigenvalue weighted by Gasteiger charge is -2.10. The Morgan fingerprint density at radius 2 is 2.11 bits per heavy atom. The summed E-state index contributed by atoms with van der Waals surface area (Å²) in [6.07, 6.45) is 2.36. The van der Waals surface area contributed by atoms with E-state index in [0.717, 1.165) is 25.4 Å². The standard InChI is InChI=1S/C15H22N2O/c1-4-16-8-10-17-9-7-13-11-14(18-12(2)3)5-6-15(13)17/h5-7,9,11-12,16H,4,8,10H2,1-3H3. The van der Waals surface area contributed by atoms with Crippen LogP contribution in [-0.2, 0) is 6.54 Å². The molecule has 3 nitrogen and oxygen atoms in total. The highest BCUT2D eigenvalue weighted by molar-refractivity contribution is 5.81. The fourth-order valence-electron chi connectivity index (χ4n) is 2.09. The number of hydrogen-bond acceptors (Lipinski definition) is 2. The first kappa shape index (κ1) is 13.0. The maximum absolute atomic E-state index is 5.71. The van der Waals surface area contributed by atoms with Gasteiger partial charge in [0.15, 0.2) is 0 Å². The second kappa shape index (κ2) is 5.91. The van der Waals surface area contributed by atoms with Crippen LogP contribution in [-0.4, -0.2) is 23.8 Å². The molecule has 0 aliphatic heterocycles. The Kier molecular flexibility index (Phi) is 4.26. The smallest absolute Gasteiger partial charge is 0.120 e. The molecule has 1 N–H and O–H groups in total. The molecule has 0 saturated heterocycles. The van der Waals surface area contributed by atoms with Crippen molar-refractivity contribution in [3.63, 3.8) is 0 Å². The van der Waals surface area contributed by atoms with Gasteiger partial charge >= 0.3 is 0 Å². The number of ether oxygens (including phenoxy) is 1. The lowest BCUT2D eigenvalue weighted by molar-refractivity contribution is 0.243. The van der Waals surface area contributed by atoms with Crippen LogP contribution in [0.1, 0.15) is 20.8 Å². The topological polar surface area (TPSA) is 26.2 Å². The van der Waals surface area contributed by atoms with Crippen molar-refractivity contribution >= 4 is 10.9 Å². The van der Waals surface area contributed by atoms with Gasteiger partial charge in [0, 0.05) is 30.2 Å². The number of fused-ring (bicyclic) bond motifs is 1. The van der Waals surface area contributed by atoms with Gasteiger partial charge in [0.05, 0.1) is 6.10 Å². The van der Waals surface area contributed by atoms with Crippen molar-refractivity contribution in [2.24, 2.45) is 0 Å². The minimum atomic E-state index is 0.221. The molecule has 0 unspecified atom stereocenters. The fourth-order valence-corrected chi connectivity index (χ4v) is 2.09. The summed E-state index contributed by atoms with van der Waals surface area (Å²) in [6, 6.07) is 8.44. The summed E-state index contributed by atoms with van der Waals surface area (Å²) >= 11 is 0. The number of likely N-dealkylation sites (N-methyl/N-ethyl adjacent to an activating group) is 1. The zero-order chi connectivity index (χ0) is 13.0. The normalized spacial score (nSPS) is 11.3. The molecule has 1 heterocycles. The van der Waals surface area contributed by atoms with Crippen LogP contribution in [0, 0.1) is 0 Å². The van der Waals surface area contributed by atoms with Gasteiger partial charge in [-0.15, -0.1) is 0 Å². The zero-order valence-electron chi connectivity index (χ0n) is 11.4. The molecular formula is C15H22N2O. The molecule has 98 valence electrons. The van der Waals surface area contributed by atoms with Crippen LogP contribution < -0.4 is 10.1 Å². The Labute approximate surface area is 109 Å². The predicted molar refractivity (Wildman–Crippen MR) is 76.2 cm³/mol. The Balaban J connectivity index is 2.15. The number of nitrogens with zero attached hydrogens (tertiary/aromatic N) is 1. The summed E-state index contributed by atoms with van der Waals surface area (Å²) in [4.78, 5) is 0. The van der Waals surface area contributed by atoms with E-state index in [0.29, 0.717) is 0 Å². The molecule has 1 aromatic heterocycles. The van der Waals surface area contributed by atoms with E-state index in [1.807, 2.05) is 19.9 Å². The molecule has 0 bridgehead atoms. The first-order chi connectivity index (χ1) is 8.70. The quantitative estimate of drug-likeness (QED) is 0.793. The second-order valence-corrected chi connectivity index (χ2v) is 4.75. The van der Waals surface area contributed by atoms with Crippen molar-refractivity contribution < 1.29 is 4.74 Å². The summed E-state index contributed by atoms with van der Waals surface area (Å²) < 4.78 is 7.98. The SMILES string of the molecule is CCNCCn1ccc2cc(OC(C)C)ccc21. The van der Waals surface area contributed by atoms with Crippen LogP contribution in [0.15, 0.2) is 30.5 Å². The highest BCUT2D eigenvalue weighted by Gasteiger charge is 2.03. The number of rotatable bonds is 6. The molecule has 0 atom stereocenters. The average Bonchev–Trinajstić information content (AvgIpc) is 2.71. The molecule has 0 saturated carbocycles. The van der Waals surface area contributed by atoms with Gasteiger partial charge in [-0.1, -0.05) is 6.92 Å². The van der Waals surface area contributed by atoms with Gasteiger partial charge in [0.2, 0.25) is 0 Å². The van der Waals surface area contributed by atoms with E-state index in [4.69, 9.17) is 4.74 Å². The van der Waals surface area contributed by atoms with Crippen LogP contribution in [0.4, 0.5) is 0 Å². The van der Waals surface area contributed by atoms with Crippen molar-refractivity contribution in [1.29, 1.82) is 0 Å². The molecule has 2 aromatic rings. The third-order valence-corrected chi connectivity index (χ3v) is 2.89. The summed E-state index contributed by atoms with van der Waals surface area (Å²) in [5.74, 6) is 0.946. The average molecular weight is 246 g/mol. The van der Waals surface area contributed by atoms with Crippen LogP contribution in [0.5, 0.6) is 5.75 Å². The number of aromatic nitrogens is 1. The maximum Gasteiger partial charge on any atom is 0.120 e. The van der Waals surface area contributed by atoms with Crippen molar-refractivity contribution in [3.05, 3.63) is 30.5 Å². The third-order valence-electron chi connectivity index (χ3n) is 2.89. The van der Waals surface area contributed by atoms with Gasteiger partial charge in [-0.3, -0.25) is 0 Å². The van der Waals surface area contributed by atoms with Crippen molar-refractivity contribution in [2.45, 2.75) is 33.4 Å². The molecule has 0 aliphatic carbocycles.